The number of H-pyrrole nitrogens is 1. The van der Waals surface area contributed by atoms with Gasteiger partial charge in [-0.2, -0.15) is 0 Å². The van der Waals surface area contributed by atoms with E-state index in [1.54, 1.807) is 72.0 Å². The SMILES string of the molecule is CC[C@H](C)[C@H](NC(=O)[C@H](CO)NC(=O)CNC(=O)CNC(=O)[C@@H](NC(=O)[C@H](Cc1c[nH]c2ccccc12)NC(=O)[C@@H](NC(=O)[C@H](CO)NC(=O)[C@H](Cc1ccc(O)cc1)NC(=O)[C@H](CCCCN)NC(=O)[C@H](CCCN=C(N)N)NC(=O)[C@H](CCC(=O)O)NC(=O)[C@@H]1CCCN1C(=O)[C@@H]1CCCN1C(=O)[C@H](C)N)C(C)C)[C@@H](C)CC)C(=O)O. The summed E-state index contributed by atoms with van der Waals surface area (Å²) in [5.41, 5.74) is 24.4. The van der Waals surface area contributed by atoms with Crippen LogP contribution in [0.25, 0.3) is 10.9 Å². The van der Waals surface area contributed by atoms with Crippen LogP contribution in [0, 0.1) is 17.8 Å². The predicted molar refractivity (Wildman–Crippen MR) is 428 cm³/mol. The van der Waals surface area contributed by atoms with Crippen LogP contribution in [0.2, 0.25) is 0 Å². The molecule has 3 aromatic rings. The Kier molecular flexibility index (Phi) is 39.6. The average molecular weight is 1660 g/mol. The Morgan fingerprint density at radius 3 is 1.61 bits per heavy atom. The average Bonchev–Trinajstić information content (AvgIpc) is 1.65. The fraction of sp³-hybridized carbons (Fsp3) is 0.597. The molecule has 26 N–H and O–H groups in total. The third-order valence-electron chi connectivity index (χ3n) is 20.6. The van der Waals surface area contributed by atoms with E-state index in [2.05, 4.69) is 73.8 Å². The number of aromatic hydroxyl groups is 1. The van der Waals surface area contributed by atoms with Gasteiger partial charge in [-0.1, -0.05) is 84.7 Å². The maximum Gasteiger partial charge on any atom is 0.326 e. The van der Waals surface area contributed by atoms with E-state index in [0.717, 1.165) is 0 Å². The van der Waals surface area contributed by atoms with Crippen molar-refractivity contribution in [2.24, 2.45) is 45.7 Å². The Hall–Kier alpha value is -11.6. The van der Waals surface area contributed by atoms with Crippen molar-refractivity contribution >= 4 is 112 Å². The number of benzene rings is 2. The monoisotopic (exact) mass is 1660 g/mol. The molecule has 2 aliphatic rings. The van der Waals surface area contributed by atoms with Crippen LogP contribution in [-0.2, 0) is 89.6 Å². The summed E-state index contributed by atoms with van der Waals surface area (Å²) in [5, 5.41) is 80.9. The zero-order valence-corrected chi connectivity index (χ0v) is 67.6. The first kappa shape index (κ1) is 97.0. The van der Waals surface area contributed by atoms with Gasteiger partial charge < -0.3 is 127 Å². The zero-order chi connectivity index (χ0) is 87.6. The smallest absolute Gasteiger partial charge is 0.326 e. The second-order valence-corrected chi connectivity index (χ2v) is 29.9. The lowest BCUT2D eigenvalue weighted by Gasteiger charge is -2.32. The number of aliphatic hydroxyl groups excluding tert-OH is 2. The van der Waals surface area contributed by atoms with Gasteiger partial charge in [-0.15, -0.1) is 0 Å². The van der Waals surface area contributed by atoms with E-state index in [0.29, 0.717) is 54.1 Å². The maximum absolute atomic E-state index is 14.8. The van der Waals surface area contributed by atoms with E-state index < -0.39 is 230 Å². The van der Waals surface area contributed by atoms with Crippen LogP contribution < -0.4 is 86.7 Å². The van der Waals surface area contributed by atoms with Crippen LogP contribution in [0.1, 0.15) is 143 Å². The Bertz CT molecular complexity index is 4010. The van der Waals surface area contributed by atoms with E-state index in [4.69, 9.17) is 22.9 Å². The number of carbonyl (C=O) groups is 16. The second kappa shape index (κ2) is 48.2. The van der Waals surface area contributed by atoms with Crippen molar-refractivity contribution in [3.05, 3.63) is 65.9 Å². The number of aliphatic imine (C=N–C) groups is 1. The van der Waals surface area contributed by atoms with Crippen LogP contribution in [0.15, 0.2) is 59.7 Å². The number of phenolic OH excluding ortho intramolecular Hbond substituents is 1. The van der Waals surface area contributed by atoms with Crippen LogP contribution in [-0.4, -0.2) is 272 Å². The van der Waals surface area contributed by atoms with Gasteiger partial charge in [0.15, 0.2) is 5.96 Å². The molecule has 2 fully saturated rings. The summed E-state index contributed by atoms with van der Waals surface area (Å²) in [6.45, 7) is 8.16. The number of nitrogens with zero attached hydrogens (tertiary/aromatic N) is 3. The number of carboxylic acids is 2. The van der Waals surface area contributed by atoms with Gasteiger partial charge in [0.2, 0.25) is 82.7 Å². The van der Waals surface area contributed by atoms with Gasteiger partial charge in [-0.05, 0) is 125 Å². The third kappa shape index (κ3) is 29.8. The van der Waals surface area contributed by atoms with Gasteiger partial charge in [0, 0.05) is 56.0 Å². The number of para-hydroxylation sites is 1. The molecule has 0 aliphatic carbocycles. The topological polar surface area (TPSA) is 657 Å². The first-order valence-electron chi connectivity index (χ1n) is 39.7. The highest BCUT2D eigenvalue weighted by Gasteiger charge is 2.44. The minimum atomic E-state index is -1.88. The number of nitrogens with two attached hydrogens (primary N) is 4. The molecule has 2 aliphatic heterocycles. The molecule has 0 unspecified atom stereocenters. The van der Waals surface area contributed by atoms with Crippen molar-refractivity contribution < 1.29 is 102 Å². The molecule has 0 spiro atoms. The summed E-state index contributed by atoms with van der Waals surface area (Å²) in [6, 6.07) is -6.09. The standard InChI is InChI=1S/C77H118N20O21/c1-8-41(5)62(72(113)85-36-58(101)84-37-59(102)86-54(38-98)69(110)95-63(76(117)118)42(6)9-2)94-68(109)53(34-45-35-83-48-18-11-10-17-47(45)48)91-73(114)61(40(3)4)93-70(111)55(39-99)92-67(108)52(33-44-23-25-46(100)26-24-44)90-65(106)49(19-12-13-29-78)87-64(105)50(20-14-30-82-77(80)81)88-66(107)51(27-28-60(103)104)89-71(112)56-21-15-31-96(56)75(116)57-22-16-32-97(57)74(115)43(7)79/h10-11,17-18,23-26,35,40-43,49-57,61-63,83,98-100H,8-9,12-16,19-22,27-34,36-39,78-79H2,1-7H3,(H,84,101)(H,85,113)(H,86,102)(H,87,105)(H,88,107)(H,89,112)(H,90,106)(H,91,114)(H,92,108)(H,93,111)(H,94,109)(H,95,110)(H,103,104)(H,117,118)(H4,80,81,82)/t41-,42-,43-,49-,50-,51-,52-,53-,54-,55-,56-,57-,61-,62-,63-/m0/s1. The second-order valence-electron chi connectivity index (χ2n) is 29.9. The predicted octanol–water partition coefficient (Wildman–Crippen LogP) is -5.07. The van der Waals surface area contributed by atoms with Crippen LogP contribution in [0.3, 0.4) is 0 Å². The van der Waals surface area contributed by atoms with Crippen LogP contribution in [0.5, 0.6) is 5.75 Å². The first-order valence-corrected chi connectivity index (χ1v) is 39.7. The number of carboxylic acid groups (broad SMARTS) is 2. The number of hydrogen-bond acceptors (Lipinski definition) is 22. The molecule has 5 rings (SSSR count). The van der Waals surface area contributed by atoms with Gasteiger partial charge in [0.1, 0.15) is 78.3 Å². The van der Waals surface area contributed by atoms with Crippen LogP contribution >= 0.6 is 0 Å². The Labute approximate surface area is 682 Å². The number of phenols is 1. The summed E-state index contributed by atoms with van der Waals surface area (Å²) < 4.78 is 0. The van der Waals surface area contributed by atoms with E-state index in [1.165, 1.54) is 41.0 Å². The van der Waals surface area contributed by atoms with Crippen molar-refractivity contribution in [3.8, 4) is 5.75 Å². The number of unbranched alkanes of at least 4 members (excludes halogenated alkanes) is 1. The molecule has 2 saturated heterocycles. The molecule has 0 saturated carbocycles. The number of aliphatic hydroxyl groups is 2. The van der Waals surface area contributed by atoms with Gasteiger partial charge in [0.25, 0.3) is 0 Å². The molecule has 118 heavy (non-hydrogen) atoms. The highest BCUT2D eigenvalue weighted by atomic mass is 16.4. The molecule has 41 heteroatoms. The molecule has 652 valence electrons. The van der Waals surface area contributed by atoms with Gasteiger partial charge in [-0.25, -0.2) is 4.79 Å². The summed E-state index contributed by atoms with van der Waals surface area (Å²) in [7, 11) is 0. The Morgan fingerprint density at radius 1 is 0.534 bits per heavy atom. The van der Waals surface area contributed by atoms with Gasteiger partial charge >= 0.3 is 11.9 Å². The van der Waals surface area contributed by atoms with Crippen LogP contribution in [0.4, 0.5) is 0 Å². The molecule has 41 nitrogen and oxygen atoms in total. The molecule has 3 heterocycles. The minimum absolute atomic E-state index is 0.0142. The molecular weight excluding hydrogens is 1540 g/mol. The highest BCUT2D eigenvalue weighted by Crippen LogP contribution is 2.27. The molecule has 14 amide bonds. The maximum atomic E-state index is 14.8. The lowest BCUT2D eigenvalue weighted by atomic mass is 9.96. The van der Waals surface area contributed by atoms with E-state index in [1.807, 2.05) is 0 Å². The number of guanidine groups is 1. The quantitative estimate of drug-likeness (QED) is 0.0143. The van der Waals surface area contributed by atoms with Crippen molar-refractivity contribution in [2.75, 3.05) is 52.5 Å². The number of fused-ring (bicyclic) bond motifs is 1. The van der Waals surface area contributed by atoms with Crippen molar-refractivity contribution in [2.45, 2.75) is 223 Å². The number of likely N-dealkylation sites (tertiary alicyclic amines) is 2. The van der Waals surface area contributed by atoms with Crippen molar-refractivity contribution in [3.63, 3.8) is 0 Å². The Morgan fingerprint density at radius 2 is 1.03 bits per heavy atom. The summed E-state index contributed by atoms with van der Waals surface area (Å²) in [4.78, 5) is 230. The molecule has 0 radical (unpaired) electrons. The summed E-state index contributed by atoms with van der Waals surface area (Å²) in [5.74, 6) is -17.7. The fourth-order valence-corrected chi connectivity index (χ4v) is 13.4. The summed E-state index contributed by atoms with van der Waals surface area (Å²) >= 11 is 0. The molecule has 15 atom stereocenters. The third-order valence-corrected chi connectivity index (χ3v) is 20.6. The number of rotatable bonds is 49. The minimum Gasteiger partial charge on any atom is -0.508 e. The first-order chi connectivity index (χ1) is 56.0. The fourth-order valence-electron chi connectivity index (χ4n) is 13.4. The summed E-state index contributed by atoms with van der Waals surface area (Å²) in [6.07, 6.45) is 2.02. The largest absolute Gasteiger partial charge is 0.508 e. The normalized spacial score (nSPS) is 17.1. The molecule has 1 aromatic heterocycles. The van der Waals surface area contributed by atoms with E-state index in [-0.39, 0.29) is 89.3 Å². The molecule has 0 bridgehead atoms. The number of aliphatic carboxylic acids is 2. The van der Waals surface area contributed by atoms with Gasteiger partial charge in [0.05, 0.1) is 32.3 Å². The Balaban J connectivity index is 1.35. The zero-order valence-electron chi connectivity index (χ0n) is 67.6. The molecule has 2 aromatic carbocycles. The number of nitrogens with one attached hydrogen (secondary N) is 13. The lowest BCUT2D eigenvalue weighted by molar-refractivity contribution is -0.147. The van der Waals surface area contributed by atoms with E-state index in [9.17, 15) is 102 Å². The van der Waals surface area contributed by atoms with E-state index >= 15 is 0 Å². The van der Waals surface area contributed by atoms with Crippen molar-refractivity contribution in [1.29, 1.82) is 0 Å². The van der Waals surface area contributed by atoms with Gasteiger partial charge in [-0.3, -0.25) is 76.9 Å². The number of carbonyl (C=O) groups excluding carboxylic acids is 14. The van der Waals surface area contributed by atoms with Crippen molar-refractivity contribution in [1.82, 2.24) is 78.6 Å². The molecular formula is C77H118N20O21. The highest BCUT2D eigenvalue weighted by molar-refractivity contribution is 6.01. The number of aromatic nitrogens is 1. The lowest BCUT2D eigenvalue weighted by Crippen LogP contribution is -2.62. The number of hydrogen-bond donors (Lipinski definition) is 22. The number of amides is 14. The number of aromatic amines is 1.